The molecule has 0 fully saturated rings. The molecule has 0 aromatic carbocycles. The van der Waals surface area contributed by atoms with Crippen LogP contribution in [0.2, 0.25) is 0 Å². The van der Waals surface area contributed by atoms with Crippen molar-refractivity contribution in [2.75, 3.05) is 24.6 Å². The average Bonchev–Trinajstić information content (AvgIpc) is 2.83. The van der Waals surface area contributed by atoms with E-state index in [1.54, 1.807) is 20.8 Å². The SMILES string of the molecule is CCCC[P+](CCCC)(CCCC)CCCC(F)(F)C(F)(F)C(F)(F)C(F)(F)C(F)(F)C(F)(F)C(F)(F)C(F)(F)F. The molecule has 0 heterocycles. The fraction of sp³-hybridized carbons (Fsp3) is 1.00. The molecule has 0 aliphatic rings. The molecule has 41 heavy (non-hydrogen) atoms. The Morgan fingerprint density at radius 3 is 0.927 bits per heavy atom. The molecule has 18 heteroatoms. The lowest BCUT2D eigenvalue weighted by molar-refractivity contribution is -0.461. The first-order chi connectivity index (χ1) is 18.1. The van der Waals surface area contributed by atoms with Gasteiger partial charge >= 0.3 is 47.6 Å². The predicted octanol–water partition coefficient (Wildman–Crippen LogP) is 11.2. The second-order valence-corrected chi connectivity index (χ2v) is 14.5. The third-order valence-corrected chi connectivity index (χ3v) is 11.9. The first-order valence-electron chi connectivity index (χ1n) is 12.7. The molecule has 0 rings (SSSR count). The van der Waals surface area contributed by atoms with Crippen LogP contribution in [0.25, 0.3) is 0 Å². The number of halogens is 17. The Labute approximate surface area is 227 Å². The lowest BCUT2D eigenvalue weighted by Crippen LogP contribution is -2.74. The highest BCUT2D eigenvalue weighted by atomic mass is 31.2. The Morgan fingerprint density at radius 2 is 0.634 bits per heavy atom. The van der Waals surface area contributed by atoms with Gasteiger partial charge in [0, 0.05) is 13.7 Å². The van der Waals surface area contributed by atoms with E-state index in [0.717, 1.165) is 0 Å². The highest BCUT2D eigenvalue weighted by Gasteiger charge is 2.95. The number of hydrogen-bond acceptors (Lipinski definition) is 0. The lowest BCUT2D eigenvalue weighted by atomic mass is 9.88. The van der Waals surface area contributed by atoms with Crippen molar-refractivity contribution >= 4 is 7.26 Å². The molecule has 0 N–H and O–H groups in total. The molecule has 0 aromatic heterocycles. The summed E-state index contributed by atoms with van der Waals surface area (Å²) in [5.41, 5.74) is 0. The lowest BCUT2D eigenvalue weighted by Gasteiger charge is -2.42. The molecule has 0 aliphatic heterocycles. The van der Waals surface area contributed by atoms with Gasteiger partial charge in [-0.3, -0.25) is 0 Å². The van der Waals surface area contributed by atoms with Crippen LogP contribution in [-0.4, -0.2) is 72.3 Å². The van der Waals surface area contributed by atoms with Crippen LogP contribution in [0.15, 0.2) is 0 Å². The third kappa shape index (κ3) is 7.49. The monoisotopic (exact) mass is 663 g/mol. The maximum Gasteiger partial charge on any atom is 0.460 e. The maximum atomic E-state index is 14.4. The van der Waals surface area contributed by atoms with Gasteiger partial charge in [-0.1, -0.05) is 40.0 Å². The summed E-state index contributed by atoms with van der Waals surface area (Å²) < 4.78 is 229. The van der Waals surface area contributed by atoms with Gasteiger partial charge in [0.2, 0.25) is 0 Å². The molecular weight excluding hydrogens is 630 g/mol. The van der Waals surface area contributed by atoms with Crippen LogP contribution in [0, 0.1) is 0 Å². The summed E-state index contributed by atoms with van der Waals surface area (Å²) >= 11 is 0. The summed E-state index contributed by atoms with van der Waals surface area (Å²) in [6, 6.07) is 0. The molecule has 0 bridgehead atoms. The van der Waals surface area contributed by atoms with Crippen LogP contribution in [-0.2, 0) is 0 Å². The zero-order valence-electron chi connectivity index (χ0n) is 22.4. The highest BCUT2D eigenvalue weighted by molar-refractivity contribution is 7.75. The average molecular weight is 663 g/mol. The molecular formula is C23H33F17P+. The summed E-state index contributed by atoms with van der Waals surface area (Å²) in [5, 5.41) is 0. The van der Waals surface area contributed by atoms with Crippen molar-refractivity contribution in [1.82, 2.24) is 0 Å². The summed E-state index contributed by atoms with van der Waals surface area (Å²) in [4.78, 5) is 0. The van der Waals surface area contributed by atoms with Crippen molar-refractivity contribution in [2.45, 2.75) is 120 Å². The largest absolute Gasteiger partial charge is 0.460 e. The van der Waals surface area contributed by atoms with Gasteiger partial charge in [0.1, 0.15) is 0 Å². The van der Waals surface area contributed by atoms with Crippen LogP contribution in [0.4, 0.5) is 74.6 Å². The van der Waals surface area contributed by atoms with E-state index >= 15 is 0 Å². The van der Waals surface area contributed by atoms with Crippen molar-refractivity contribution in [3.63, 3.8) is 0 Å². The number of hydrogen-bond donors (Lipinski definition) is 0. The predicted molar refractivity (Wildman–Crippen MR) is 121 cm³/mol. The molecule has 0 spiro atoms. The van der Waals surface area contributed by atoms with Crippen LogP contribution in [0.5, 0.6) is 0 Å². The minimum absolute atomic E-state index is 0.202. The zero-order chi connectivity index (χ0) is 33.0. The van der Waals surface area contributed by atoms with E-state index in [1.165, 1.54) is 0 Å². The second-order valence-electron chi connectivity index (χ2n) is 10.0. The first-order valence-corrected chi connectivity index (χ1v) is 15.2. The van der Waals surface area contributed by atoms with E-state index in [-0.39, 0.29) is 6.16 Å². The van der Waals surface area contributed by atoms with Crippen molar-refractivity contribution in [2.24, 2.45) is 0 Å². The van der Waals surface area contributed by atoms with Crippen molar-refractivity contribution in [3.05, 3.63) is 0 Å². The van der Waals surface area contributed by atoms with Crippen LogP contribution in [0.1, 0.15) is 72.1 Å². The standard InChI is InChI=1S/C23H33F17P/c1-4-7-12-41(13-8-5-2,14-9-6-3)15-10-11-16(24,25)17(26,27)18(28,29)19(30,31)20(32,33)21(34,35)22(36,37)23(38,39)40/h4-15H2,1-3H3/q+1. The smallest absolute Gasteiger partial charge is 0.200 e. The van der Waals surface area contributed by atoms with E-state index in [1.807, 2.05) is 0 Å². The van der Waals surface area contributed by atoms with Crippen LogP contribution < -0.4 is 0 Å². The molecule has 0 amide bonds. The minimum Gasteiger partial charge on any atom is -0.200 e. The molecule has 0 saturated carbocycles. The fourth-order valence-corrected chi connectivity index (χ4v) is 9.27. The topological polar surface area (TPSA) is 0 Å². The van der Waals surface area contributed by atoms with Crippen LogP contribution in [0.3, 0.4) is 0 Å². The van der Waals surface area contributed by atoms with Gasteiger partial charge in [0.05, 0.1) is 24.6 Å². The minimum atomic E-state index is -8.58. The van der Waals surface area contributed by atoms with Gasteiger partial charge in [-0.15, -0.1) is 0 Å². The molecule has 0 atom stereocenters. The maximum absolute atomic E-state index is 14.4. The molecule has 0 nitrogen and oxygen atoms in total. The van der Waals surface area contributed by atoms with Gasteiger partial charge in [-0.05, 0) is 25.7 Å². The normalized spacial score (nSPS) is 15.5. The van der Waals surface area contributed by atoms with E-state index in [0.29, 0.717) is 57.0 Å². The van der Waals surface area contributed by atoms with E-state index in [2.05, 4.69) is 0 Å². The van der Waals surface area contributed by atoms with Crippen molar-refractivity contribution < 1.29 is 74.6 Å². The number of unbranched alkanes of at least 4 members (excludes halogenated alkanes) is 3. The van der Waals surface area contributed by atoms with Gasteiger partial charge in [0.15, 0.2) is 0 Å². The first kappa shape index (κ1) is 40.2. The van der Waals surface area contributed by atoms with E-state index in [9.17, 15) is 74.6 Å². The molecule has 0 aromatic rings. The Kier molecular flexibility index (Phi) is 13.2. The second kappa shape index (κ2) is 13.5. The molecule has 0 saturated heterocycles. The summed E-state index contributed by atoms with van der Waals surface area (Å²) in [6.07, 6.45) is -5.96. The van der Waals surface area contributed by atoms with Gasteiger partial charge < -0.3 is 0 Å². The highest BCUT2D eigenvalue weighted by Crippen LogP contribution is 2.65. The fourth-order valence-electron chi connectivity index (χ4n) is 4.14. The Morgan fingerprint density at radius 1 is 0.366 bits per heavy atom. The quantitative estimate of drug-likeness (QED) is 0.0953. The van der Waals surface area contributed by atoms with Gasteiger partial charge in [0.25, 0.3) is 0 Å². The molecule has 0 radical (unpaired) electrons. The Bertz CT molecular complexity index is 783. The third-order valence-electron chi connectivity index (χ3n) is 6.87. The zero-order valence-corrected chi connectivity index (χ0v) is 23.3. The van der Waals surface area contributed by atoms with E-state index < -0.39 is 67.7 Å². The summed E-state index contributed by atoms with van der Waals surface area (Å²) in [6.45, 7) is 5.40. The molecule has 248 valence electrons. The molecule has 0 aliphatic carbocycles. The Hall–Kier alpha value is -0.760. The summed E-state index contributed by atoms with van der Waals surface area (Å²) in [5.74, 6) is -55.8. The van der Waals surface area contributed by atoms with Crippen molar-refractivity contribution in [1.29, 1.82) is 0 Å². The molecule has 0 unspecified atom stereocenters. The van der Waals surface area contributed by atoms with E-state index in [4.69, 9.17) is 0 Å². The van der Waals surface area contributed by atoms with Crippen LogP contribution >= 0.6 is 7.26 Å². The Balaban J connectivity index is 6.35. The number of alkyl halides is 17. The van der Waals surface area contributed by atoms with Gasteiger partial charge in [-0.25, -0.2) is 0 Å². The number of rotatable bonds is 19. The van der Waals surface area contributed by atoms with Crippen molar-refractivity contribution in [3.8, 4) is 0 Å². The van der Waals surface area contributed by atoms with Gasteiger partial charge in [-0.2, -0.15) is 74.6 Å². The summed E-state index contributed by atoms with van der Waals surface area (Å²) in [7, 11) is -2.16.